The summed E-state index contributed by atoms with van der Waals surface area (Å²) in [4.78, 5) is 42.1. The first kappa shape index (κ1) is 18.8. The van der Waals surface area contributed by atoms with Gasteiger partial charge in [-0.05, 0) is 54.6 Å². The van der Waals surface area contributed by atoms with E-state index in [1.54, 1.807) is 30.3 Å². The van der Waals surface area contributed by atoms with Crippen LogP contribution in [0.4, 0.5) is 5.69 Å². The predicted octanol–water partition coefficient (Wildman–Crippen LogP) is 4.11. The Balaban J connectivity index is 1.58. The molecule has 2 aromatic carbocycles. The molecule has 7 nitrogen and oxygen atoms in total. The molecular weight excluding hydrogens is 438 g/mol. The zero-order valence-electron chi connectivity index (χ0n) is 15.2. The van der Waals surface area contributed by atoms with Crippen LogP contribution in [0.15, 0.2) is 65.3 Å². The molecule has 4 rings (SSSR count). The first-order valence-corrected chi connectivity index (χ1v) is 9.39. The van der Waals surface area contributed by atoms with E-state index < -0.39 is 11.8 Å². The Morgan fingerprint density at radius 1 is 1.03 bits per heavy atom. The highest BCUT2D eigenvalue weighted by Gasteiger charge is 2.32. The van der Waals surface area contributed by atoms with E-state index in [0.29, 0.717) is 17.0 Å². The molecule has 1 aliphatic heterocycles. The molecule has 0 aliphatic carbocycles. The van der Waals surface area contributed by atoms with E-state index in [-0.39, 0.29) is 22.9 Å². The molecule has 8 heteroatoms. The molecule has 0 saturated carbocycles. The number of rotatable bonds is 4. The minimum absolute atomic E-state index is 0.152. The first-order chi connectivity index (χ1) is 13.9. The summed E-state index contributed by atoms with van der Waals surface area (Å²) in [7, 11) is 1.42. The standard InChI is InChI=1S/C21H14BrN3O4/c1-25-20(27)15-9-6-13(11-17(15)21(25)28)24-18(26)16-3-2-10-23-19(16)29-14-7-4-12(22)5-8-14/h2-11H,1H3,(H,24,26). The van der Waals surface area contributed by atoms with Crippen LogP contribution in [0.2, 0.25) is 0 Å². The van der Waals surface area contributed by atoms with Crippen molar-refractivity contribution in [2.24, 2.45) is 0 Å². The van der Waals surface area contributed by atoms with E-state index >= 15 is 0 Å². The number of aromatic nitrogens is 1. The van der Waals surface area contributed by atoms with Gasteiger partial charge >= 0.3 is 0 Å². The lowest BCUT2D eigenvalue weighted by Crippen LogP contribution is -2.24. The number of fused-ring (bicyclic) bond motifs is 1. The number of amides is 3. The topological polar surface area (TPSA) is 88.6 Å². The number of pyridine rings is 1. The van der Waals surface area contributed by atoms with Crippen molar-refractivity contribution in [2.75, 3.05) is 12.4 Å². The first-order valence-electron chi connectivity index (χ1n) is 8.60. The zero-order chi connectivity index (χ0) is 20.5. The Bertz CT molecular complexity index is 1140. The lowest BCUT2D eigenvalue weighted by Gasteiger charge is -2.11. The van der Waals surface area contributed by atoms with E-state index in [1.165, 1.54) is 25.4 Å². The SMILES string of the molecule is CN1C(=O)c2ccc(NC(=O)c3cccnc3Oc3ccc(Br)cc3)cc2C1=O. The van der Waals surface area contributed by atoms with Crippen molar-refractivity contribution in [1.29, 1.82) is 0 Å². The molecule has 0 fully saturated rings. The molecule has 3 aromatic rings. The number of hydrogen-bond donors (Lipinski definition) is 1. The number of halogens is 1. The molecular formula is C21H14BrN3O4. The predicted molar refractivity (Wildman–Crippen MR) is 109 cm³/mol. The van der Waals surface area contributed by atoms with Crippen molar-refractivity contribution < 1.29 is 19.1 Å². The summed E-state index contributed by atoms with van der Waals surface area (Å²) >= 11 is 3.36. The third-order valence-corrected chi connectivity index (χ3v) is 4.92. The van der Waals surface area contributed by atoms with Crippen LogP contribution in [0, 0.1) is 0 Å². The Hall–Kier alpha value is -3.52. The molecule has 0 unspecified atom stereocenters. The molecule has 1 N–H and O–H groups in total. The number of carbonyl (C=O) groups excluding carboxylic acids is 3. The molecule has 0 spiro atoms. The van der Waals surface area contributed by atoms with Crippen LogP contribution in [0.25, 0.3) is 0 Å². The highest BCUT2D eigenvalue weighted by atomic mass is 79.9. The average molecular weight is 452 g/mol. The summed E-state index contributed by atoms with van der Waals surface area (Å²) in [5, 5.41) is 2.72. The minimum Gasteiger partial charge on any atom is -0.438 e. The smallest absolute Gasteiger partial charge is 0.261 e. The number of nitrogens with zero attached hydrogens (tertiary/aromatic N) is 2. The van der Waals surface area contributed by atoms with Crippen LogP contribution in [0.5, 0.6) is 11.6 Å². The molecule has 1 aromatic heterocycles. The summed E-state index contributed by atoms with van der Waals surface area (Å²) in [6, 6.07) is 14.9. The van der Waals surface area contributed by atoms with Gasteiger partial charge in [0.25, 0.3) is 17.7 Å². The fourth-order valence-electron chi connectivity index (χ4n) is 2.90. The fourth-order valence-corrected chi connectivity index (χ4v) is 3.16. The zero-order valence-corrected chi connectivity index (χ0v) is 16.8. The maximum atomic E-state index is 12.8. The Labute approximate surface area is 174 Å². The number of hydrogen-bond acceptors (Lipinski definition) is 5. The Morgan fingerprint density at radius 3 is 2.52 bits per heavy atom. The van der Waals surface area contributed by atoms with Gasteiger partial charge in [0.2, 0.25) is 5.88 Å². The van der Waals surface area contributed by atoms with Crippen LogP contribution in [0.3, 0.4) is 0 Å². The summed E-state index contributed by atoms with van der Waals surface area (Å²) in [6.45, 7) is 0. The molecule has 0 saturated heterocycles. The van der Waals surface area contributed by atoms with Gasteiger partial charge in [0.05, 0.1) is 11.1 Å². The fraction of sp³-hybridized carbons (Fsp3) is 0.0476. The number of imide groups is 1. The van der Waals surface area contributed by atoms with Crippen LogP contribution in [0.1, 0.15) is 31.1 Å². The van der Waals surface area contributed by atoms with Gasteiger partial charge in [-0.15, -0.1) is 0 Å². The maximum Gasteiger partial charge on any atom is 0.261 e. The largest absolute Gasteiger partial charge is 0.438 e. The van der Waals surface area contributed by atoms with E-state index in [9.17, 15) is 14.4 Å². The van der Waals surface area contributed by atoms with Gasteiger partial charge in [0.15, 0.2) is 0 Å². The van der Waals surface area contributed by atoms with Gasteiger partial charge in [0.1, 0.15) is 11.3 Å². The molecule has 0 radical (unpaired) electrons. The van der Waals surface area contributed by atoms with Crippen LogP contribution < -0.4 is 10.1 Å². The van der Waals surface area contributed by atoms with Gasteiger partial charge in [-0.2, -0.15) is 0 Å². The molecule has 1 aliphatic rings. The monoisotopic (exact) mass is 451 g/mol. The second kappa shape index (κ2) is 7.48. The number of anilines is 1. The van der Waals surface area contributed by atoms with E-state index in [4.69, 9.17) is 4.74 Å². The van der Waals surface area contributed by atoms with E-state index in [2.05, 4.69) is 26.2 Å². The third kappa shape index (κ3) is 3.62. The Kier molecular flexibility index (Phi) is 4.85. The van der Waals surface area contributed by atoms with Gasteiger partial charge in [-0.3, -0.25) is 19.3 Å². The number of ether oxygens (including phenoxy) is 1. The second-order valence-electron chi connectivity index (χ2n) is 6.30. The summed E-state index contributed by atoms with van der Waals surface area (Å²) in [5.74, 6) is -0.526. The summed E-state index contributed by atoms with van der Waals surface area (Å²) in [6.07, 6.45) is 1.53. The third-order valence-electron chi connectivity index (χ3n) is 4.39. The number of carbonyl (C=O) groups is 3. The van der Waals surface area contributed by atoms with Crippen molar-refractivity contribution >= 4 is 39.3 Å². The molecule has 144 valence electrons. The number of benzene rings is 2. The molecule has 29 heavy (non-hydrogen) atoms. The maximum absolute atomic E-state index is 12.8. The van der Waals surface area contributed by atoms with Crippen LogP contribution >= 0.6 is 15.9 Å². The van der Waals surface area contributed by atoms with Gasteiger partial charge < -0.3 is 10.1 Å². The Morgan fingerprint density at radius 2 is 1.76 bits per heavy atom. The van der Waals surface area contributed by atoms with E-state index in [1.807, 2.05) is 12.1 Å². The summed E-state index contributed by atoms with van der Waals surface area (Å²) in [5.41, 5.74) is 1.20. The van der Waals surface area contributed by atoms with Crippen molar-refractivity contribution in [3.63, 3.8) is 0 Å². The number of nitrogens with one attached hydrogen (secondary N) is 1. The second-order valence-corrected chi connectivity index (χ2v) is 7.21. The van der Waals surface area contributed by atoms with Crippen molar-refractivity contribution in [2.45, 2.75) is 0 Å². The van der Waals surface area contributed by atoms with Gasteiger partial charge in [-0.25, -0.2) is 4.98 Å². The van der Waals surface area contributed by atoms with Gasteiger partial charge in [0, 0.05) is 23.4 Å². The molecule has 0 bridgehead atoms. The van der Waals surface area contributed by atoms with E-state index in [0.717, 1.165) is 9.37 Å². The quantitative estimate of drug-likeness (QED) is 0.602. The lowest BCUT2D eigenvalue weighted by atomic mass is 10.1. The summed E-state index contributed by atoms with van der Waals surface area (Å²) < 4.78 is 6.65. The molecule has 2 heterocycles. The van der Waals surface area contributed by atoms with Crippen molar-refractivity contribution in [3.8, 4) is 11.6 Å². The molecule has 3 amide bonds. The highest BCUT2D eigenvalue weighted by Crippen LogP contribution is 2.27. The minimum atomic E-state index is -0.449. The van der Waals surface area contributed by atoms with Crippen LogP contribution in [-0.4, -0.2) is 34.7 Å². The van der Waals surface area contributed by atoms with Crippen LogP contribution in [-0.2, 0) is 0 Å². The average Bonchev–Trinajstić information content (AvgIpc) is 2.94. The normalized spacial score (nSPS) is 12.7. The van der Waals surface area contributed by atoms with Crippen molar-refractivity contribution in [1.82, 2.24) is 9.88 Å². The highest BCUT2D eigenvalue weighted by molar-refractivity contribution is 9.10. The van der Waals surface area contributed by atoms with Gasteiger partial charge in [-0.1, -0.05) is 15.9 Å². The molecule has 0 atom stereocenters. The van der Waals surface area contributed by atoms with Crippen molar-refractivity contribution in [3.05, 3.63) is 82.0 Å². The lowest BCUT2D eigenvalue weighted by molar-refractivity contribution is 0.0692.